The van der Waals surface area contributed by atoms with Crippen LogP contribution in [0, 0.1) is 13.8 Å². The first kappa shape index (κ1) is 14.1. The van der Waals surface area contributed by atoms with Crippen molar-refractivity contribution in [3.8, 4) is 0 Å². The van der Waals surface area contributed by atoms with E-state index in [1.54, 1.807) is 11.3 Å². The largest absolute Gasteiger partial charge is 0.380 e. The molecule has 0 amide bonds. The van der Waals surface area contributed by atoms with E-state index in [-0.39, 0.29) is 5.41 Å². The number of nitrogens with one attached hydrogen (secondary N) is 1. The molecule has 19 heavy (non-hydrogen) atoms. The summed E-state index contributed by atoms with van der Waals surface area (Å²) in [6.45, 7) is 11.7. The van der Waals surface area contributed by atoms with Crippen molar-refractivity contribution in [2.24, 2.45) is 0 Å². The number of thiazole rings is 1. The Kier molecular flexibility index (Phi) is 3.95. The van der Waals surface area contributed by atoms with Crippen LogP contribution in [-0.4, -0.2) is 4.98 Å². The summed E-state index contributed by atoms with van der Waals surface area (Å²) in [5.74, 6) is 0. The van der Waals surface area contributed by atoms with Gasteiger partial charge in [0.15, 0.2) is 0 Å². The second-order valence-corrected chi connectivity index (χ2v) is 7.23. The summed E-state index contributed by atoms with van der Waals surface area (Å²) in [5, 5.41) is 4.68. The van der Waals surface area contributed by atoms with E-state index in [9.17, 15) is 0 Å². The van der Waals surface area contributed by atoms with Gasteiger partial charge in [-0.25, -0.2) is 4.98 Å². The standard InChI is InChI=1S/C16H22N2S/c1-11-6-12(2)8-13(7-11)17-9-14-10-18-15(19-14)16(3,4)5/h6-8,10,17H,9H2,1-5H3. The number of hydrogen-bond donors (Lipinski definition) is 1. The molecule has 102 valence electrons. The van der Waals surface area contributed by atoms with Gasteiger partial charge in [-0.1, -0.05) is 26.8 Å². The molecule has 0 saturated carbocycles. The molecule has 0 bridgehead atoms. The van der Waals surface area contributed by atoms with Crippen LogP contribution >= 0.6 is 11.3 Å². The normalized spacial score (nSPS) is 11.6. The molecule has 0 radical (unpaired) electrons. The first-order chi connectivity index (χ1) is 8.84. The Hall–Kier alpha value is -1.35. The van der Waals surface area contributed by atoms with E-state index in [4.69, 9.17) is 0 Å². The molecule has 0 atom stereocenters. The minimum absolute atomic E-state index is 0.142. The molecule has 0 aliphatic rings. The van der Waals surface area contributed by atoms with Crippen molar-refractivity contribution in [3.05, 3.63) is 45.4 Å². The summed E-state index contributed by atoms with van der Waals surface area (Å²) in [6.07, 6.45) is 1.99. The van der Waals surface area contributed by atoms with E-state index in [2.05, 4.69) is 63.1 Å². The average Bonchev–Trinajstić information content (AvgIpc) is 2.73. The second kappa shape index (κ2) is 5.33. The van der Waals surface area contributed by atoms with Crippen LogP contribution in [-0.2, 0) is 12.0 Å². The number of aryl methyl sites for hydroxylation is 2. The van der Waals surface area contributed by atoms with Crippen molar-refractivity contribution in [3.63, 3.8) is 0 Å². The molecule has 0 unspecified atom stereocenters. The van der Waals surface area contributed by atoms with E-state index in [0.717, 1.165) is 6.54 Å². The van der Waals surface area contributed by atoms with Gasteiger partial charge in [-0.2, -0.15) is 0 Å². The van der Waals surface area contributed by atoms with Gasteiger partial charge in [0, 0.05) is 22.2 Å². The van der Waals surface area contributed by atoms with Gasteiger partial charge in [0.1, 0.15) is 0 Å². The molecule has 1 aromatic carbocycles. The monoisotopic (exact) mass is 274 g/mol. The van der Waals surface area contributed by atoms with E-state index < -0.39 is 0 Å². The highest BCUT2D eigenvalue weighted by atomic mass is 32.1. The zero-order valence-electron chi connectivity index (χ0n) is 12.4. The molecule has 0 aliphatic carbocycles. The third kappa shape index (κ3) is 3.80. The third-order valence-electron chi connectivity index (χ3n) is 2.88. The Labute approximate surface area is 119 Å². The third-order valence-corrected chi connectivity index (χ3v) is 4.31. The van der Waals surface area contributed by atoms with Crippen molar-refractivity contribution in [2.75, 3.05) is 5.32 Å². The summed E-state index contributed by atoms with van der Waals surface area (Å²) < 4.78 is 0. The predicted octanol–water partition coefficient (Wildman–Crippen LogP) is 4.67. The quantitative estimate of drug-likeness (QED) is 0.879. The molecule has 2 nitrogen and oxygen atoms in total. The van der Waals surface area contributed by atoms with Gasteiger partial charge in [0.05, 0.1) is 11.6 Å². The lowest BCUT2D eigenvalue weighted by Crippen LogP contribution is -2.09. The predicted molar refractivity (Wildman–Crippen MR) is 84.1 cm³/mol. The zero-order valence-corrected chi connectivity index (χ0v) is 13.2. The molecule has 1 N–H and O–H groups in total. The van der Waals surface area contributed by atoms with Gasteiger partial charge in [0.25, 0.3) is 0 Å². The SMILES string of the molecule is Cc1cc(C)cc(NCc2cnc(C(C)(C)C)s2)c1. The van der Waals surface area contributed by atoms with Crippen molar-refractivity contribution in [2.45, 2.75) is 46.6 Å². The van der Waals surface area contributed by atoms with Gasteiger partial charge >= 0.3 is 0 Å². The average molecular weight is 274 g/mol. The molecule has 3 heteroatoms. The summed E-state index contributed by atoms with van der Waals surface area (Å²) >= 11 is 1.79. The fourth-order valence-corrected chi connectivity index (χ4v) is 2.91. The highest BCUT2D eigenvalue weighted by Crippen LogP contribution is 2.27. The summed E-state index contributed by atoms with van der Waals surface area (Å²) in [7, 11) is 0. The first-order valence-corrected chi connectivity index (χ1v) is 7.43. The Balaban J connectivity index is 2.04. The van der Waals surface area contributed by atoms with Crippen molar-refractivity contribution in [1.29, 1.82) is 0 Å². The lowest BCUT2D eigenvalue weighted by atomic mass is 9.98. The minimum atomic E-state index is 0.142. The van der Waals surface area contributed by atoms with Crippen LogP contribution < -0.4 is 5.32 Å². The highest BCUT2D eigenvalue weighted by molar-refractivity contribution is 7.11. The molecule has 0 fully saturated rings. The lowest BCUT2D eigenvalue weighted by molar-refractivity contribution is 0.585. The van der Waals surface area contributed by atoms with Crippen LogP contribution in [0.25, 0.3) is 0 Å². The molecular weight excluding hydrogens is 252 g/mol. The fraction of sp³-hybridized carbons (Fsp3) is 0.438. The molecule has 0 saturated heterocycles. The zero-order chi connectivity index (χ0) is 14.0. The number of anilines is 1. The molecule has 1 heterocycles. The summed E-state index contributed by atoms with van der Waals surface area (Å²) in [6, 6.07) is 6.55. The Morgan fingerprint density at radius 1 is 1.11 bits per heavy atom. The topological polar surface area (TPSA) is 24.9 Å². The Morgan fingerprint density at radius 2 is 1.74 bits per heavy atom. The van der Waals surface area contributed by atoms with Crippen LogP contribution in [0.4, 0.5) is 5.69 Å². The lowest BCUT2D eigenvalue weighted by Gasteiger charge is -2.13. The maximum absolute atomic E-state index is 4.51. The van der Waals surface area contributed by atoms with Crippen LogP contribution in [0.3, 0.4) is 0 Å². The molecule has 2 rings (SSSR count). The van der Waals surface area contributed by atoms with Gasteiger partial charge < -0.3 is 5.32 Å². The van der Waals surface area contributed by atoms with Gasteiger partial charge in [0.2, 0.25) is 0 Å². The van der Waals surface area contributed by atoms with Crippen molar-refractivity contribution >= 4 is 17.0 Å². The van der Waals surface area contributed by atoms with E-state index in [0.29, 0.717) is 0 Å². The van der Waals surface area contributed by atoms with Crippen molar-refractivity contribution < 1.29 is 0 Å². The number of aromatic nitrogens is 1. The summed E-state index contributed by atoms with van der Waals surface area (Å²) in [4.78, 5) is 5.79. The van der Waals surface area contributed by atoms with Gasteiger partial charge in [-0.3, -0.25) is 0 Å². The second-order valence-electron chi connectivity index (χ2n) is 6.11. The van der Waals surface area contributed by atoms with Crippen LogP contribution in [0.5, 0.6) is 0 Å². The smallest absolute Gasteiger partial charge is 0.0981 e. The van der Waals surface area contributed by atoms with Crippen molar-refractivity contribution in [1.82, 2.24) is 4.98 Å². The molecule has 2 aromatic rings. The van der Waals surface area contributed by atoms with E-state index >= 15 is 0 Å². The Bertz CT molecular complexity index is 544. The number of rotatable bonds is 3. The fourth-order valence-electron chi connectivity index (χ4n) is 2.00. The van der Waals surface area contributed by atoms with E-state index in [1.807, 2.05) is 6.20 Å². The maximum Gasteiger partial charge on any atom is 0.0981 e. The Morgan fingerprint density at radius 3 is 2.26 bits per heavy atom. The molecular formula is C16H22N2S. The molecule has 1 aromatic heterocycles. The van der Waals surface area contributed by atoms with Crippen LogP contribution in [0.1, 0.15) is 41.8 Å². The number of benzene rings is 1. The summed E-state index contributed by atoms with van der Waals surface area (Å²) in [5.41, 5.74) is 3.91. The maximum atomic E-state index is 4.51. The molecule has 0 aliphatic heterocycles. The van der Waals surface area contributed by atoms with Gasteiger partial charge in [-0.05, 0) is 37.1 Å². The first-order valence-electron chi connectivity index (χ1n) is 6.62. The highest BCUT2D eigenvalue weighted by Gasteiger charge is 2.17. The number of hydrogen-bond acceptors (Lipinski definition) is 3. The van der Waals surface area contributed by atoms with E-state index in [1.165, 1.54) is 26.7 Å². The van der Waals surface area contributed by atoms with Gasteiger partial charge in [-0.15, -0.1) is 11.3 Å². The van der Waals surface area contributed by atoms with Crippen LogP contribution in [0.2, 0.25) is 0 Å². The van der Waals surface area contributed by atoms with Crippen LogP contribution in [0.15, 0.2) is 24.4 Å². The minimum Gasteiger partial charge on any atom is -0.380 e. The molecule has 0 spiro atoms. The number of nitrogens with zero attached hydrogens (tertiary/aromatic N) is 1.